The van der Waals surface area contributed by atoms with Gasteiger partial charge in [-0.25, -0.2) is 4.79 Å². The van der Waals surface area contributed by atoms with Gasteiger partial charge < -0.3 is 20.3 Å². The Morgan fingerprint density at radius 2 is 1.85 bits per heavy atom. The molecule has 0 aromatic heterocycles. The maximum atomic E-state index is 12.5. The molecule has 136 valence electrons. The zero-order valence-corrected chi connectivity index (χ0v) is 15.0. The summed E-state index contributed by atoms with van der Waals surface area (Å²) in [5, 5.41) is 5.57. The van der Waals surface area contributed by atoms with Crippen molar-refractivity contribution in [2.24, 2.45) is 0 Å². The van der Waals surface area contributed by atoms with E-state index in [1.165, 1.54) is 0 Å². The molecule has 1 unspecified atom stereocenters. The third-order valence-corrected chi connectivity index (χ3v) is 4.19. The number of nitrogens with one attached hydrogen (secondary N) is 2. The lowest BCUT2D eigenvalue weighted by Gasteiger charge is -2.33. The van der Waals surface area contributed by atoms with Crippen LogP contribution in [0.5, 0.6) is 5.75 Å². The second-order valence-corrected chi connectivity index (χ2v) is 6.23. The van der Waals surface area contributed by atoms with Gasteiger partial charge in [-0.2, -0.15) is 0 Å². The van der Waals surface area contributed by atoms with Crippen molar-refractivity contribution >= 4 is 29.0 Å². The molecule has 1 aliphatic rings. The molecule has 3 rings (SSSR count). The van der Waals surface area contributed by atoms with Crippen molar-refractivity contribution in [2.75, 3.05) is 22.1 Å². The maximum absolute atomic E-state index is 12.5. The normalized spacial score (nSPS) is 15.8. The topological polar surface area (TPSA) is 70.7 Å². The highest BCUT2D eigenvalue weighted by atomic mass is 16.5. The molecule has 0 spiro atoms. The number of carbonyl (C=O) groups excluding carboxylic acids is 2. The molecule has 0 saturated carbocycles. The van der Waals surface area contributed by atoms with Crippen molar-refractivity contribution in [3.63, 3.8) is 0 Å². The maximum Gasteiger partial charge on any atom is 0.323 e. The smallest absolute Gasteiger partial charge is 0.323 e. The first kappa shape index (κ1) is 17.8. The summed E-state index contributed by atoms with van der Waals surface area (Å²) in [4.78, 5) is 26.4. The number of urea groups is 1. The SMILES string of the molecule is CCCCN1C(=O)C(C)Oc2ccc(NC(=O)Nc3ccccc3)cc21. The van der Waals surface area contributed by atoms with Gasteiger partial charge in [-0.15, -0.1) is 0 Å². The van der Waals surface area contributed by atoms with Crippen molar-refractivity contribution in [3.8, 4) is 5.75 Å². The number of fused-ring (bicyclic) bond motifs is 1. The molecule has 1 aliphatic heterocycles. The van der Waals surface area contributed by atoms with Crippen molar-refractivity contribution < 1.29 is 14.3 Å². The number of nitrogens with zero attached hydrogens (tertiary/aromatic N) is 1. The van der Waals surface area contributed by atoms with E-state index < -0.39 is 6.10 Å². The quantitative estimate of drug-likeness (QED) is 0.844. The van der Waals surface area contributed by atoms with Crippen LogP contribution in [0.25, 0.3) is 0 Å². The summed E-state index contributed by atoms with van der Waals surface area (Å²) >= 11 is 0. The Kier molecular flexibility index (Phi) is 5.41. The fraction of sp³-hybridized carbons (Fsp3) is 0.300. The number of amides is 3. The second-order valence-electron chi connectivity index (χ2n) is 6.23. The second kappa shape index (κ2) is 7.91. The molecule has 0 aliphatic carbocycles. The van der Waals surface area contributed by atoms with Crippen molar-refractivity contribution in [1.29, 1.82) is 0 Å². The van der Waals surface area contributed by atoms with Gasteiger partial charge in [-0.05, 0) is 43.7 Å². The minimum atomic E-state index is -0.500. The number of rotatable bonds is 5. The molecule has 0 bridgehead atoms. The molecule has 0 saturated heterocycles. The van der Waals surface area contributed by atoms with Crippen molar-refractivity contribution in [3.05, 3.63) is 48.5 Å². The minimum Gasteiger partial charge on any atom is -0.479 e. The van der Waals surface area contributed by atoms with Crippen LogP contribution in [-0.4, -0.2) is 24.6 Å². The first-order chi connectivity index (χ1) is 12.6. The number of hydrogen-bond acceptors (Lipinski definition) is 3. The van der Waals surface area contributed by atoms with E-state index in [9.17, 15) is 9.59 Å². The number of anilines is 3. The average molecular weight is 353 g/mol. The Balaban J connectivity index is 1.77. The third-order valence-electron chi connectivity index (χ3n) is 4.19. The number of ether oxygens (including phenoxy) is 1. The van der Waals surface area contributed by atoms with E-state index in [2.05, 4.69) is 17.6 Å². The summed E-state index contributed by atoms with van der Waals surface area (Å²) in [5.41, 5.74) is 2.00. The van der Waals surface area contributed by atoms with Crippen LogP contribution in [-0.2, 0) is 4.79 Å². The van der Waals surface area contributed by atoms with Crippen LogP contribution in [0.4, 0.5) is 21.9 Å². The number of benzene rings is 2. The predicted octanol–water partition coefficient (Wildman–Crippen LogP) is 4.24. The summed E-state index contributed by atoms with van der Waals surface area (Å²) in [6.45, 7) is 4.47. The Morgan fingerprint density at radius 1 is 1.12 bits per heavy atom. The number of unbranched alkanes of at least 4 members (excludes halogenated alkanes) is 1. The summed E-state index contributed by atoms with van der Waals surface area (Å²) in [6, 6.07) is 14.2. The fourth-order valence-corrected chi connectivity index (χ4v) is 2.85. The highest BCUT2D eigenvalue weighted by Crippen LogP contribution is 2.36. The molecule has 2 N–H and O–H groups in total. The van der Waals surface area contributed by atoms with Crippen molar-refractivity contribution in [1.82, 2.24) is 0 Å². The van der Waals surface area contributed by atoms with E-state index in [-0.39, 0.29) is 11.9 Å². The summed E-state index contributed by atoms with van der Waals surface area (Å²) in [7, 11) is 0. The average Bonchev–Trinajstić information content (AvgIpc) is 2.63. The van der Waals surface area contributed by atoms with Crippen LogP contribution in [0, 0.1) is 0 Å². The van der Waals surface area contributed by atoms with Crippen molar-refractivity contribution in [2.45, 2.75) is 32.8 Å². The molecule has 0 radical (unpaired) electrons. The van der Waals surface area contributed by atoms with Gasteiger partial charge in [-0.3, -0.25) is 4.79 Å². The first-order valence-corrected chi connectivity index (χ1v) is 8.83. The molecule has 6 nitrogen and oxygen atoms in total. The molecule has 1 heterocycles. The largest absolute Gasteiger partial charge is 0.479 e. The van der Waals surface area contributed by atoms with Gasteiger partial charge in [0.2, 0.25) is 0 Å². The van der Waals surface area contributed by atoms with E-state index in [1.54, 1.807) is 30.0 Å². The Morgan fingerprint density at radius 3 is 2.58 bits per heavy atom. The van der Waals surface area contributed by atoms with E-state index >= 15 is 0 Å². The molecule has 26 heavy (non-hydrogen) atoms. The third kappa shape index (κ3) is 3.96. The van der Waals surface area contributed by atoms with Gasteiger partial charge in [0.25, 0.3) is 5.91 Å². The van der Waals surface area contributed by atoms with E-state index in [4.69, 9.17) is 4.74 Å². The highest BCUT2D eigenvalue weighted by Gasteiger charge is 2.31. The lowest BCUT2D eigenvalue weighted by atomic mass is 10.1. The molecule has 0 fully saturated rings. The van der Waals surface area contributed by atoms with Crippen LogP contribution in [0.15, 0.2) is 48.5 Å². The van der Waals surface area contributed by atoms with Crippen LogP contribution in [0.2, 0.25) is 0 Å². The molecular formula is C20H23N3O3. The zero-order valence-electron chi connectivity index (χ0n) is 15.0. The van der Waals surface area contributed by atoms with E-state index in [0.717, 1.165) is 12.8 Å². The van der Waals surface area contributed by atoms with Crippen LogP contribution < -0.4 is 20.3 Å². The van der Waals surface area contributed by atoms with Gasteiger partial charge in [-0.1, -0.05) is 31.5 Å². The number of hydrogen-bond donors (Lipinski definition) is 2. The number of carbonyl (C=O) groups is 2. The van der Waals surface area contributed by atoms with Gasteiger partial charge in [0.1, 0.15) is 5.75 Å². The Hall–Kier alpha value is -3.02. The summed E-state index contributed by atoms with van der Waals surface area (Å²) < 4.78 is 5.69. The molecule has 3 amide bonds. The first-order valence-electron chi connectivity index (χ1n) is 8.83. The minimum absolute atomic E-state index is 0.0585. The van der Waals surface area contributed by atoms with Gasteiger partial charge >= 0.3 is 6.03 Å². The van der Waals surface area contributed by atoms with E-state index in [1.807, 2.05) is 30.3 Å². The van der Waals surface area contributed by atoms with E-state index in [0.29, 0.717) is 29.4 Å². The molecular weight excluding hydrogens is 330 g/mol. The Labute approximate surface area is 153 Å². The standard InChI is InChI=1S/C20H23N3O3/c1-3-4-12-23-17-13-16(10-11-18(17)26-14(2)19(23)24)22-20(25)21-15-8-6-5-7-9-15/h5-11,13-14H,3-4,12H2,1-2H3,(H2,21,22,25). The van der Waals surface area contributed by atoms with Gasteiger partial charge in [0.05, 0.1) is 5.69 Å². The fourth-order valence-electron chi connectivity index (χ4n) is 2.85. The zero-order chi connectivity index (χ0) is 18.5. The molecule has 2 aromatic rings. The number of para-hydroxylation sites is 1. The lowest BCUT2D eigenvalue weighted by Crippen LogP contribution is -2.44. The molecule has 1 atom stereocenters. The monoisotopic (exact) mass is 353 g/mol. The Bertz CT molecular complexity index is 792. The van der Waals surface area contributed by atoms with Gasteiger partial charge in [0, 0.05) is 17.9 Å². The molecule has 6 heteroatoms. The van der Waals surface area contributed by atoms with Crippen LogP contribution in [0.1, 0.15) is 26.7 Å². The lowest BCUT2D eigenvalue weighted by molar-refractivity contribution is -0.125. The van der Waals surface area contributed by atoms with Crippen LogP contribution in [0.3, 0.4) is 0 Å². The van der Waals surface area contributed by atoms with Crippen LogP contribution >= 0.6 is 0 Å². The molecule has 2 aromatic carbocycles. The summed E-state index contributed by atoms with van der Waals surface area (Å²) in [6.07, 6.45) is 1.40. The summed E-state index contributed by atoms with van der Waals surface area (Å²) in [5.74, 6) is 0.596. The highest BCUT2D eigenvalue weighted by molar-refractivity contribution is 6.03. The van der Waals surface area contributed by atoms with Gasteiger partial charge in [0.15, 0.2) is 6.10 Å². The predicted molar refractivity (Wildman–Crippen MR) is 103 cm³/mol.